The average molecular weight is 617 g/mol. The normalized spacial score (nSPS) is 21.9. The van der Waals surface area contributed by atoms with Crippen molar-refractivity contribution in [2.45, 2.75) is 96.3 Å². The third-order valence-corrected chi connectivity index (χ3v) is 8.33. The van der Waals surface area contributed by atoms with E-state index in [1.54, 1.807) is 11.1 Å². The molecule has 0 radical (unpaired) electrons. The average Bonchev–Trinajstić information content (AvgIpc) is 3.31. The van der Waals surface area contributed by atoms with Crippen molar-refractivity contribution < 1.29 is 27.8 Å². The smallest absolute Gasteiger partial charge is 0.410 e. The summed E-state index contributed by atoms with van der Waals surface area (Å²) in [4.78, 5) is 25.7. The van der Waals surface area contributed by atoms with Gasteiger partial charge in [0.05, 0.1) is 12.5 Å². The number of hydrogen-bond donors (Lipinski definition) is 2. The van der Waals surface area contributed by atoms with Gasteiger partial charge >= 0.3 is 12.3 Å². The summed E-state index contributed by atoms with van der Waals surface area (Å²) in [6.45, 7) is 10.2. The van der Waals surface area contributed by atoms with Crippen molar-refractivity contribution in [1.82, 2.24) is 24.3 Å². The van der Waals surface area contributed by atoms with Gasteiger partial charge in [0.15, 0.2) is 0 Å². The zero-order valence-electron chi connectivity index (χ0n) is 25.9. The molecule has 0 bridgehead atoms. The standard InChI is InChI=1S/C32H43F3N6O3/c1-21-18-39(15-16-40(21)30(43)44-31(2,3)4)19-22-5-7-23(8-6-22)27-20-41(24-9-11-25(42)12-10-24)28-26(27)17-37-29(38-28)36-14-13-32(33,34)35/h5-8,17,20-21,24-25,42H,9-16,18-19H2,1-4H3,(H,36,37,38)/t21-,24-,25-/m0/s1. The molecule has 3 aromatic rings. The number of halogens is 3. The van der Waals surface area contributed by atoms with Crippen molar-refractivity contribution in [2.75, 3.05) is 31.5 Å². The van der Waals surface area contributed by atoms with Gasteiger partial charge in [-0.25, -0.2) is 9.78 Å². The molecule has 1 amide bonds. The van der Waals surface area contributed by atoms with Crippen LogP contribution in [0.1, 0.15) is 71.4 Å². The van der Waals surface area contributed by atoms with E-state index >= 15 is 0 Å². The van der Waals surface area contributed by atoms with Crippen LogP contribution < -0.4 is 5.32 Å². The predicted octanol–water partition coefficient (Wildman–Crippen LogP) is 6.38. The van der Waals surface area contributed by atoms with Gasteiger partial charge in [-0.05, 0) is 64.5 Å². The quantitative estimate of drug-likeness (QED) is 0.318. The highest BCUT2D eigenvalue weighted by Gasteiger charge is 2.31. The van der Waals surface area contributed by atoms with Crippen LogP contribution in [0.15, 0.2) is 36.7 Å². The third-order valence-electron chi connectivity index (χ3n) is 8.33. The number of ether oxygens (including phenoxy) is 1. The van der Waals surface area contributed by atoms with Crippen LogP contribution in [-0.4, -0.2) is 85.6 Å². The number of rotatable bonds is 7. The molecule has 1 aliphatic heterocycles. The Morgan fingerprint density at radius 1 is 1.09 bits per heavy atom. The van der Waals surface area contributed by atoms with Crippen molar-refractivity contribution >= 4 is 23.1 Å². The Bertz CT molecular complexity index is 1430. The van der Waals surface area contributed by atoms with E-state index < -0.39 is 18.2 Å². The number of nitrogens with one attached hydrogen (secondary N) is 1. The molecule has 1 aliphatic carbocycles. The van der Waals surface area contributed by atoms with Gasteiger partial charge < -0.3 is 24.6 Å². The summed E-state index contributed by atoms with van der Waals surface area (Å²) in [6, 6.07) is 8.54. The summed E-state index contributed by atoms with van der Waals surface area (Å²) in [5, 5.41) is 13.6. The number of piperazine rings is 1. The molecular weight excluding hydrogens is 573 g/mol. The first-order valence-electron chi connectivity index (χ1n) is 15.4. The number of alkyl halides is 3. The first kappa shape index (κ1) is 32.0. The molecule has 1 saturated heterocycles. The predicted molar refractivity (Wildman–Crippen MR) is 163 cm³/mol. The van der Waals surface area contributed by atoms with Crippen molar-refractivity contribution in [3.8, 4) is 11.1 Å². The Kier molecular flexibility index (Phi) is 9.41. The Morgan fingerprint density at radius 3 is 2.43 bits per heavy atom. The molecule has 2 aliphatic rings. The Morgan fingerprint density at radius 2 is 1.80 bits per heavy atom. The van der Waals surface area contributed by atoms with Crippen molar-refractivity contribution in [3.63, 3.8) is 0 Å². The fourth-order valence-electron chi connectivity index (χ4n) is 6.09. The van der Waals surface area contributed by atoms with Crippen LogP contribution >= 0.6 is 0 Å². The number of carbonyl (C=O) groups excluding carboxylic acids is 1. The molecule has 240 valence electrons. The van der Waals surface area contributed by atoms with Crippen LogP contribution in [0.2, 0.25) is 0 Å². The van der Waals surface area contributed by atoms with Gasteiger partial charge in [0.1, 0.15) is 11.2 Å². The lowest BCUT2D eigenvalue weighted by atomic mass is 9.93. The SMILES string of the molecule is C[C@H]1CN(Cc2ccc(-c3cn([C@H]4CC[C@H](O)CC4)c4nc(NCCC(F)(F)F)ncc34)cc2)CCN1C(=O)OC(C)(C)C. The Balaban J connectivity index is 1.31. The first-order valence-corrected chi connectivity index (χ1v) is 15.4. The number of aliphatic hydroxyl groups is 1. The largest absolute Gasteiger partial charge is 0.444 e. The maximum Gasteiger partial charge on any atom is 0.410 e. The molecule has 0 spiro atoms. The number of benzene rings is 1. The second-order valence-corrected chi connectivity index (χ2v) is 13.1. The lowest BCUT2D eigenvalue weighted by Crippen LogP contribution is -2.54. The summed E-state index contributed by atoms with van der Waals surface area (Å²) in [5.41, 5.74) is 3.26. The maximum absolute atomic E-state index is 12.7. The molecule has 1 atom stereocenters. The Labute approximate surface area is 256 Å². The highest BCUT2D eigenvalue weighted by atomic mass is 19.4. The second kappa shape index (κ2) is 12.9. The number of aromatic nitrogens is 3. The van der Waals surface area contributed by atoms with E-state index in [1.165, 1.54) is 0 Å². The molecular formula is C32H43F3N6O3. The van der Waals surface area contributed by atoms with Crippen LogP contribution in [-0.2, 0) is 11.3 Å². The zero-order valence-corrected chi connectivity index (χ0v) is 25.9. The van der Waals surface area contributed by atoms with Crippen LogP contribution in [0.3, 0.4) is 0 Å². The minimum atomic E-state index is -4.26. The molecule has 3 heterocycles. The monoisotopic (exact) mass is 616 g/mol. The van der Waals surface area contributed by atoms with Gasteiger partial charge in [-0.1, -0.05) is 24.3 Å². The topological polar surface area (TPSA) is 95.8 Å². The number of fused-ring (bicyclic) bond motifs is 1. The molecule has 2 N–H and O–H groups in total. The van der Waals surface area contributed by atoms with Gasteiger partial charge in [0, 0.05) is 68.2 Å². The van der Waals surface area contributed by atoms with Crippen LogP contribution in [0.4, 0.5) is 23.9 Å². The zero-order chi connectivity index (χ0) is 31.6. The fraction of sp³-hybridized carbons (Fsp3) is 0.594. The molecule has 12 heteroatoms. The summed E-state index contributed by atoms with van der Waals surface area (Å²) in [7, 11) is 0. The number of aliphatic hydroxyl groups excluding tert-OH is 1. The molecule has 5 rings (SSSR count). The van der Waals surface area contributed by atoms with Crippen molar-refractivity contribution in [1.29, 1.82) is 0 Å². The summed E-state index contributed by atoms with van der Waals surface area (Å²) >= 11 is 0. The maximum atomic E-state index is 12.7. The number of nitrogens with zero attached hydrogens (tertiary/aromatic N) is 5. The van der Waals surface area contributed by atoms with E-state index in [0.717, 1.165) is 54.6 Å². The number of carbonyl (C=O) groups is 1. The van der Waals surface area contributed by atoms with E-state index in [2.05, 4.69) is 55.2 Å². The van der Waals surface area contributed by atoms with Crippen molar-refractivity contribution in [3.05, 3.63) is 42.2 Å². The van der Waals surface area contributed by atoms with E-state index in [0.29, 0.717) is 25.0 Å². The minimum absolute atomic E-state index is 0.0396. The number of hydrogen-bond acceptors (Lipinski definition) is 7. The van der Waals surface area contributed by atoms with Crippen LogP contribution in [0, 0.1) is 0 Å². The molecule has 1 saturated carbocycles. The number of anilines is 1. The molecule has 1 aromatic carbocycles. The highest BCUT2D eigenvalue weighted by Crippen LogP contribution is 2.37. The van der Waals surface area contributed by atoms with Gasteiger partial charge in [-0.3, -0.25) is 4.90 Å². The lowest BCUT2D eigenvalue weighted by molar-refractivity contribution is -0.131. The second-order valence-electron chi connectivity index (χ2n) is 13.1. The van der Waals surface area contributed by atoms with E-state index in [1.807, 2.05) is 27.7 Å². The molecule has 2 aromatic heterocycles. The lowest BCUT2D eigenvalue weighted by Gasteiger charge is -2.40. The van der Waals surface area contributed by atoms with Crippen LogP contribution in [0.5, 0.6) is 0 Å². The molecule has 2 fully saturated rings. The van der Waals surface area contributed by atoms with Gasteiger partial charge in [0.2, 0.25) is 5.95 Å². The third kappa shape index (κ3) is 8.01. The molecule has 9 nitrogen and oxygen atoms in total. The van der Waals surface area contributed by atoms with E-state index in [4.69, 9.17) is 4.74 Å². The Hall–Kier alpha value is -3.38. The van der Waals surface area contributed by atoms with E-state index in [9.17, 15) is 23.1 Å². The summed E-state index contributed by atoms with van der Waals surface area (Å²) in [6.07, 6.45) is 0.922. The van der Waals surface area contributed by atoms with Gasteiger partial charge in [0.25, 0.3) is 0 Å². The van der Waals surface area contributed by atoms with Crippen molar-refractivity contribution in [2.24, 2.45) is 0 Å². The highest BCUT2D eigenvalue weighted by molar-refractivity contribution is 5.94. The van der Waals surface area contributed by atoms with Gasteiger partial charge in [-0.15, -0.1) is 0 Å². The van der Waals surface area contributed by atoms with Gasteiger partial charge in [-0.2, -0.15) is 18.2 Å². The fourth-order valence-corrected chi connectivity index (χ4v) is 6.09. The van der Waals surface area contributed by atoms with E-state index in [-0.39, 0.29) is 36.8 Å². The molecule has 44 heavy (non-hydrogen) atoms. The summed E-state index contributed by atoms with van der Waals surface area (Å²) in [5.74, 6) is 0.167. The first-order chi connectivity index (χ1) is 20.8. The number of amides is 1. The summed E-state index contributed by atoms with van der Waals surface area (Å²) < 4.78 is 45.7. The van der Waals surface area contributed by atoms with Crippen LogP contribution in [0.25, 0.3) is 22.2 Å². The molecule has 0 unspecified atom stereocenters. The minimum Gasteiger partial charge on any atom is -0.444 e.